The number of carbonyl (C=O) groups excluding carboxylic acids is 1. The lowest BCUT2D eigenvalue weighted by molar-refractivity contribution is 0.0696. The number of carboxylic acids is 1. The van der Waals surface area contributed by atoms with Gasteiger partial charge >= 0.3 is 5.97 Å². The number of amides is 1. The van der Waals surface area contributed by atoms with E-state index in [1.165, 1.54) is 23.5 Å². The number of hydrogen-bond acceptors (Lipinski definition) is 3. The van der Waals surface area contributed by atoms with Gasteiger partial charge in [0.05, 0.1) is 10.4 Å². The molecule has 0 unspecified atom stereocenters. The van der Waals surface area contributed by atoms with Crippen molar-refractivity contribution in [3.8, 4) is 0 Å². The fourth-order valence-electron chi connectivity index (χ4n) is 2.02. The normalized spacial score (nSPS) is 10.5. The van der Waals surface area contributed by atoms with E-state index in [0.29, 0.717) is 10.6 Å². The van der Waals surface area contributed by atoms with Crippen molar-refractivity contribution in [3.63, 3.8) is 0 Å². The summed E-state index contributed by atoms with van der Waals surface area (Å²) in [6, 6.07) is 15.8. The molecule has 2 aromatic carbocycles. The molecule has 0 aliphatic heterocycles. The number of carbonyl (C=O) groups is 2. The molecule has 1 amide bonds. The summed E-state index contributed by atoms with van der Waals surface area (Å²) in [5, 5.41) is 12.7. The van der Waals surface area contributed by atoms with Gasteiger partial charge in [0.15, 0.2) is 0 Å². The van der Waals surface area contributed by atoms with Crippen molar-refractivity contribution in [1.82, 2.24) is 0 Å². The lowest BCUT2D eigenvalue weighted by atomic mass is 10.2. The third-order valence-electron chi connectivity index (χ3n) is 3.02. The number of rotatable bonds is 3. The van der Waals surface area contributed by atoms with E-state index in [-0.39, 0.29) is 11.5 Å². The van der Waals surface area contributed by atoms with E-state index in [2.05, 4.69) is 5.32 Å². The van der Waals surface area contributed by atoms with Gasteiger partial charge in [-0.15, -0.1) is 11.3 Å². The smallest absolute Gasteiger partial charge is 0.335 e. The summed E-state index contributed by atoms with van der Waals surface area (Å²) in [5.41, 5.74) is 0.612. The van der Waals surface area contributed by atoms with E-state index < -0.39 is 5.97 Å². The number of fused-ring (bicyclic) bond motifs is 1. The van der Waals surface area contributed by atoms with E-state index in [4.69, 9.17) is 5.11 Å². The van der Waals surface area contributed by atoms with Gasteiger partial charge in [-0.1, -0.05) is 24.3 Å². The Morgan fingerprint density at radius 3 is 2.57 bits per heavy atom. The second-order valence-corrected chi connectivity index (χ2v) is 5.57. The van der Waals surface area contributed by atoms with Crippen LogP contribution in [0, 0.1) is 0 Å². The van der Waals surface area contributed by atoms with Gasteiger partial charge in [-0.25, -0.2) is 4.79 Å². The molecule has 0 aliphatic carbocycles. The molecule has 0 atom stereocenters. The maximum Gasteiger partial charge on any atom is 0.335 e. The Labute approximate surface area is 124 Å². The van der Waals surface area contributed by atoms with Crippen molar-refractivity contribution in [2.24, 2.45) is 0 Å². The highest BCUT2D eigenvalue weighted by atomic mass is 32.1. The van der Waals surface area contributed by atoms with Crippen LogP contribution < -0.4 is 5.32 Å². The highest BCUT2D eigenvalue weighted by Crippen LogP contribution is 2.26. The van der Waals surface area contributed by atoms with Gasteiger partial charge < -0.3 is 10.4 Å². The minimum Gasteiger partial charge on any atom is -0.478 e. The molecule has 0 saturated heterocycles. The summed E-state index contributed by atoms with van der Waals surface area (Å²) in [6.45, 7) is 0. The lowest BCUT2D eigenvalue weighted by Gasteiger charge is -2.04. The van der Waals surface area contributed by atoms with Crippen LogP contribution in [0.4, 0.5) is 5.69 Å². The average molecular weight is 297 g/mol. The molecule has 0 spiro atoms. The van der Waals surface area contributed by atoms with Crippen LogP contribution in [0.5, 0.6) is 0 Å². The maximum absolute atomic E-state index is 12.2. The lowest BCUT2D eigenvalue weighted by Crippen LogP contribution is -2.10. The average Bonchev–Trinajstić information content (AvgIpc) is 2.91. The maximum atomic E-state index is 12.2. The van der Waals surface area contributed by atoms with Crippen molar-refractivity contribution in [2.75, 3.05) is 5.32 Å². The number of anilines is 1. The van der Waals surface area contributed by atoms with E-state index in [0.717, 1.165) is 10.1 Å². The van der Waals surface area contributed by atoms with Crippen LogP contribution in [0.25, 0.3) is 10.1 Å². The number of aromatic carboxylic acids is 1. The van der Waals surface area contributed by atoms with Gasteiger partial charge in [0.1, 0.15) is 0 Å². The Morgan fingerprint density at radius 2 is 1.81 bits per heavy atom. The Bertz CT molecular complexity index is 805. The summed E-state index contributed by atoms with van der Waals surface area (Å²) in [4.78, 5) is 23.7. The first-order valence-electron chi connectivity index (χ1n) is 6.27. The first-order valence-corrected chi connectivity index (χ1v) is 7.08. The largest absolute Gasteiger partial charge is 0.478 e. The number of benzene rings is 2. The minimum atomic E-state index is -1.02. The van der Waals surface area contributed by atoms with Crippen LogP contribution in [-0.2, 0) is 0 Å². The van der Waals surface area contributed by atoms with Crippen molar-refractivity contribution in [3.05, 3.63) is 65.0 Å². The Morgan fingerprint density at radius 1 is 1.00 bits per heavy atom. The molecule has 0 bridgehead atoms. The molecule has 0 saturated carbocycles. The monoisotopic (exact) mass is 297 g/mol. The molecule has 0 radical (unpaired) electrons. The summed E-state index contributed by atoms with van der Waals surface area (Å²) in [7, 11) is 0. The molecule has 104 valence electrons. The van der Waals surface area contributed by atoms with Crippen LogP contribution in [-0.4, -0.2) is 17.0 Å². The summed E-state index contributed by atoms with van der Waals surface area (Å²) < 4.78 is 1.04. The molecular formula is C16H11NO3S. The van der Waals surface area contributed by atoms with Crippen molar-refractivity contribution in [1.29, 1.82) is 0 Å². The van der Waals surface area contributed by atoms with E-state index in [1.807, 2.05) is 30.3 Å². The molecule has 3 aromatic rings. The van der Waals surface area contributed by atoms with Crippen LogP contribution in [0.3, 0.4) is 0 Å². The number of hydrogen-bond donors (Lipinski definition) is 2. The van der Waals surface area contributed by atoms with Gasteiger partial charge in [-0.05, 0) is 35.7 Å². The molecule has 1 aromatic heterocycles. The number of thiophene rings is 1. The fourth-order valence-corrected chi connectivity index (χ4v) is 2.97. The van der Waals surface area contributed by atoms with E-state index in [1.54, 1.807) is 12.1 Å². The fraction of sp³-hybridized carbons (Fsp3) is 0. The zero-order chi connectivity index (χ0) is 14.8. The van der Waals surface area contributed by atoms with Crippen molar-refractivity contribution in [2.45, 2.75) is 0 Å². The third kappa shape index (κ3) is 2.78. The SMILES string of the molecule is O=C(O)c1cccc(NC(=O)c2cc3ccccc3s2)c1. The summed E-state index contributed by atoms with van der Waals surface area (Å²) in [6.07, 6.45) is 0. The predicted octanol–water partition coefficient (Wildman–Crippen LogP) is 3.85. The zero-order valence-corrected chi connectivity index (χ0v) is 11.7. The van der Waals surface area contributed by atoms with Crippen LogP contribution in [0.15, 0.2) is 54.6 Å². The molecule has 3 rings (SSSR count). The Kier molecular flexibility index (Phi) is 3.41. The Balaban J connectivity index is 1.85. The second-order valence-electron chi connectivity index (χ2n) is 4.49. The zero-order valence-electron chi connectivity index (χ0n) is 10.9. The molecule has 2 N–H and O–H groups in total. The number of carboxylic acid groups (broad SMARTS) is 1. The van der Waals surface area contributed by atoms with Gasteiger partial charge in [-0.2, -0.15) is 0 Å². The summed E-state index contributed by atoms with van der Waals surface area (Å²) in [5.74, 6) is -1.26. The highest BCUT2D eigenvalue weighted by molar-refractivity contribution is 7.20. The topological polar surface area (TPSA) is 66.4 Å². The molecule has 0 aliphatic rings. The van der Waals surface area contributed by atoms with Gasteiger partial charge in [0.25, 0.3) is 5.91 Å². The predicted molar refractivity (Wildman–Crippen MR) is 83.2 cm³/mol. The molecule has 0 fully saturated rings. The molecule has 1 heterocycles. The molecule has 5 heteroatoms. The van der Waals surface area contributed by atoms with Crippen LogP contribution in [0.2, 0.25) is 0 Å². The first kappa shape index (κ1) is 13.3. The Hall–Kier alpha value is -2.66. The van der Waals surface area contributed by atoms with E-state index >= 15 is 0 Å². The van der Waals surface area contributed by atoms with Gasteiger partial charge in [-0.3, -0.25) is 4.79 Å². The van der Waals surface area contributed by atoms with Crippen molar-refractivity contribution < 1.29 is 14.7 Å². The molecule has 21 heavy (non-hydrogen) atoms. The summed E-state index contributed by atoms with van der Waals surface area (Å²) >= 11 is 1.41. The second kappa shape index (κ2) is 5.38. The number of nitrogens with one attached hydrogen (secondary N) is 1. The third-order valence-corrected chi connectivity index (χ3v) is 4.13. The molecule has 4 nitrogen and oxygen atoms in total. The van der Waals surface area contributed by atoms with Gasteiger partial charge in [0.2, 0.25) is 0 Å². The van der Waals surface area contributed by atoms with Gasteiger partial charge in [0, 0.05) is 10.4 Å². The standard InChI is InChI=1S/C16H11NO3S/c18-15(14-9-10-4-1-2-7-13(10)21-14)17-12-6-3-5-11(8-12)16(19)20/h1-9H,(H,17,18)(H,19,20). The van der Waals surface area contributed by atoms with E-state index in [9.17, 15) is 9.59 Å². The first-order chi connectivity index (χ1) is 10.1. The van der Waals surface area contributed by atoms with Crippen LogP contribution >= 0.6 is 11.3 Å². The quantitative estimate of drug-likeness (QED) is 0.771. The van der Waals surface area contributed by atoms with Crippen LogP contribution in [0.1, 0.15) is 20.0 Å². The van der Waals surface area contributed by atoms with Crippen molar-refractivity contribution >= 4 is 39.0 Å². The highest BCUT2D eigenvalue weighted by Gasteiger charge is 2.11. The molecular weight excluding hydrogens is 286 g/mol. The minimum absolute atomic E-state index is 0.143.